The first-order chi connectivity index (χ1) is 10.3. The van der Waals surface area contributed by atoms with E-state index in [4.69, 9.17) is 4.74 Å². The van der Waals surface area contributed by atoms with Crippen LogP contribution in [-0.2, 0) is 9.53 Å². The zero-order valence-corrected chi connectivity index (χ0v) is 15.2. The minimum absolute atomic E-state index is 0.0998. The molecule has 1 fully saturated rings. The summed E-state index contributed by atoms with van der Waals surface area (Å²) in [6.45, 7) is 12.8. The second-order valence-corrected chi connectivity index (χ2v) is 7.87. The van der Waals surface area contributed by atoms with E-state index in [1.54, 1.807) is 0 Å². The molecule has 4 heteroatoms. The minimum atomic E-state index is 0.0998. The topological polar surface area (TPSA) is 50.4 Å². The van der Waals surface area contributed by atoms with Crippen LogP contribution in [0.4, 0.5) is 0 Å². The molecule has 4 nitrogen and oxygen atoms in total. The van der Waals surface area contributed by atoms with Gasteiger partial charge in [-0.15, -0.1) is 0 Å². The van der Waals surface area contributed by atoms with Gasteiger partial charge in [-0.1, -0.05) is 33.6 Å². The first-order valence-electron chi connectivity index (χ1n) is 8.92. The molecule has 130 valence electrons. The van der Waals surface area contributed by atoms with Crippen LogP contribution < -0.4 is 10.6 Å². The van der Waals surface area contributed by atoms with Gasteiger partial charge in [0.1, 0.15) is 0 Å². The summed E-state index contributed by atoms with van der Waals surface area (Å²) in [5.74, 6) is 0.760. The van der Waals surface area contributed by atoms with Crippen LogP contribution in [-0.4, -0.2) is 37.7 Å². The number of hydrogen-bond donors (Lipinski definition) is 2. The Labute approximate surface area is 136 Å². The van der Waals surface area contributed by atoms with Gasteiger partial charge in [0.2, 0.25) is 5.91 Å². The molecule has 2 unspecified atom stereocenters. The third-order valence-corrected chi connectivity index (χ3v) is 4.50. The van der Waals surface area contributed by atoms with Crippen LogP contribution in [0.5, 0.6) is 0 Å². The molecule has 2 atom stereocenters. The van der Waals surface area contributed by atoms with E-state index in [1.165, 1.54) is 25.7 Å². The molecule has 1 aliphatic rings. The van der Waals surface area contributed by atoms with E-state index in [0.29, 0.717) is 37.1 Å². The van der Waals surface area contributed by atoms with Gasteiger partial charge in [0, 0.05) is 19.2 Å². The van der Waals surface area contributed by atoms with Gasteiger partial charge in [-0.25, -0.2) is 0 Å². The highest BCUT2D eigenvalue weighted by molar-refractivity contribution is 5.77. The van der Waals surface area contributed by atoms with Crippen molar-refractivity contribution in [2.75, 3.05) is 19.7 Å². The molecule has 0 heterocycles. The monoisotopic (exact) mass is 312 g/mol. The van der Waals surface area contributed by atoms with E-state index >= 15 is 0 Å². The molecule has 1 saturated carbocycles. The maximum atomic E-state index is 11.9. The number of hydrogen-bond acceptors (Lipinski definition) is 3. The van der Waals surface area contributed by atoms with Crippen molar-refractivity contribution < 1.29 is 9.53 Å². The third kappa shape index (κ3) is 7.59. The molecule has 0 radical (unpaired) electrons. The van der Waals surface area contributed by atoms with Crippen LogP contribution in [0, 0.1) is 11.3 Å². The van der Waals surface area contributed by atoms with Crippen molar-refractivity contribution in [3.8, 4) is 0 Å². The van der Waals surface area contributed by atoms with Gasteiger partial charge in [0.25, 0.3) is 0 Å². The van der Waals surface area contributed by atoms with Crippen LogP contribution in [0.2, 0.25) is 0 Å². The first kappa shape index (κ1) is 19.4. The van der Waals surface area contributed by atoms with Crippen molar-refractivity contribution >= 4 is 5.91 Å². The second-order valence-electron chi connectivity index (χ2n) is 7.87. The van der Waals surface area contributed by atoms with E-state index < -0.39 is 0 Å². The predicted octanol–water partition coefficient (Wildman–Crippen LogP) is 3.11. The standard InChI is InChI=1S/C18H36N2O2/c1-14(2)22-12-8-11-19-17(21)13-20-16-10-7-6-9-15(16)18(3,4)5/h14-16,20H,6-13H2,1-5H3,(H,19,21). The molecule has 0 spiro atoms. The molecule has 22 heavy (non-hydrogen) atoms. The molecule has 1 rings (SSSR count). The number of nitrogens with one attached hydrogen (secondary N) is 2. The number of carbonyl (C=O) groups is 1. The SMILES string of the molecule is CC(C)OCCCNC(=O)CNC1CCCCC1C(C)(C)C. The van der Waals surface area contributed by atoms with Crippen LogP contribution in [0.3, 0.4) is 0 Å². The van der Waals surface area contributed by atoms with E-state index in [0.717, 1.165) is 6.42 Å². The summed E-state index contributed by atoms with van der Waals surface area (Å²) in [4.78, 5) is 11.9. The molecule has 0 saturated heterocycles. The lowest BCUT2D eigenvalue weighted by atomic mass is 9.69. The number of rotatable bonds is 8. The first-order valence-corrected chi connectivity index (χ1v) is 8.92. The molecular formula is C18H36N2O2. The van der Waals surface area contributed by atoms with Gasteiger partial charge < -0.3 is 15.4 Å². The molecule has 1 amide bonds. The maximum Gasteiger partial charge on any atom is 0.233 e. The Morgan fingerprint density at radius 3 is 2.55 bits per heavy atom. The molecule has 0 aromatic carbocycles. The normalized spacial score (nSPS) is 22.8. The Hall–Kier alpha value is -0.610. The Balaban J connectivity index is 2.22. The smallest absolute Gasteiger partial charge is 0.233 e. The number of carbonyl (C=O) groups excluding carboxylic acids is 1. The average molecular weight is 312 g/mol. The van der Waals surface area contributed by atoms with Crippen molar-refractivity contribution in [1.82, 2.24) is 10.6 Å². The fourth-order valence-corrected chi connectivity index (χ4v) is 3.32. The quantitative estimate of drug-likeness (QED) is 0.677. The van der Waals surface area contributed by atoms with Crippen LogP contribution in [0.25, 0.3) is 0 Å². The minimum Gasteiger partial charge on any atom is -0.379 e. The van der Waals surface area contributed by atoms with Gasteiger partial charge in [-0.05, 0) is 44.4 Å². The van der Waals surface area contributed by atoms with E-state index in [2.05, 4.69) is 31.4 Å². The van der Waals surface area contributed by atoms with Gasteiger partial charge in [0.15, 0.2) is 0 Å². The lowest BCUT2D eigenvalue weighted by molar-refractivity contribution is -0.120. The summed E-state index contributed by atoms with van der Waals surface area (Å²) >= 11 is 0. The number of ether oxygens (including phenoxy) is 1. The molecule has 0 aromatic heterocycles. The highest BCUT2D eigenvalue weighted by Crippen LogP contribution is 2.37. The molecule has 0 aromatic rings. The Kier molecular flexibility index (Phi) is 8.40. The summed E-state index contributed by atoms with van der Waals surface area (Å²) in [5, 5.41) is 6.46. The van der Waals surface area contributed by atoms with E-state index in [1.807, 2.05) is 13.8 Å². The van der Waals surface area contributed by atoms with Gasteiger partial charge in [-0.2, -0.15) is 0 Å². The average Bonchev–Trinajstić information content (AvgIpc) is 2.43. The summed E-state index contributed by atoms with van der Waals surface area (Å²) in [6, 6.07) is 0.476. The second kappa shape index (κ2) is 9.51. The van der Waals surface area contributed by atoms with Gasteiger partial charge in [0.05, 0.1) is 12.6 Å². The Morgan fingerprint density at radius 1 is 1.23 bits per heavy atom. The van der Waals surface area contributed by atoms with Crippen molar-refractivity contribution in [2.45, 2.75) is 78.9 Å². The van der Waals surface area contributed by atoms with Crippen LogP contribution in [0.15, 0.2) is 0 Å². The molecule has 0 bridgehead atoms. The van der Waals surface area contributed by atoms with Crippen LogP contribution >= 0.6 is 0 Å². The van der Waals surface area contributed by atoms with Crippen molar-refractivity contribution in [1.29, 1.82) is 0 Å². The van der Waals surface area contributed by atoms with E-state index in [-0.39, 0.29) is 12.0 Å². The van der Waals surface area contributed by atoms with Gasteiger partial charge >= 0.3 is 0 Å². The lowest BCUT2D eigenvalue weighted by Crippen LogP contribution is -2.47. The Bertz CT molecular complexity index is 324. The zero-order chi connectivity index (χ0) is 16.6. The van der Waals surface area contributed by atoms with E-state index in [9.17, 15) is 4.79 Å². The molecule has 1 aliphatic carbocycles. The highest BCUT2D eigenvalue weighted by atomic mass is 16.5. The molecule has 0 aliphatic heterocycles. The van der Waals surface area contributed by atoms with Crippen molar-refractivity contribution in [3.63, 3.8) is 0 Å². The zero-order valence-electron chi connectivity index (χ0n) is 15.2. The van der Waals surface area contributed by atoms with Gasteiger partial charge in [-0.3, -0.25) is 4.79 Å². The fourth-order valence-electron chi connectivity index (χ4n) is 3.32. The van der Waals surface area contributed by atoms with Crippen molar-refractivity contribution in [2.24, 2.45) is 11.3 Å². The molecular weight excluding hydrogens is 276 g/mol. The lowest BCUT2D eigenvalue weighted by Gasteiger charge is -2.40. The highest BCUT2D eigenvalue weighted by Gasteiger charge is 2.33. The summed E-state index contributed by atoms with van der Waals surface area (Å²) < 4.78 is 5.46. The third-order valence-electron chi connectivity index (χ3n) is 4.50. The maximum absolute atomic E-state index is 11.9. The Morgan fingerprint density at radius 2 is 1.91 bits per heavy atom. The number of amides is 1. The summed E-state index contributed by atoms with van der Waals surface area (Å²) in [5.41, 5.74) is 0.308. The largest absolute Gasteiger partial charge is 0.379 e. The summed E-state index contributed by atoms with van der Waals surface area (Å²) in [6.07, 6.45) is 6.20. The fraction of sp³-hybridized carbons (Fsp3) is 0.944. The summed E-state index contributed by atoms with van der Waals surface area (Å²) in [7, 11) is 0. The molecule has 2 N–H and O–H groups in total. The van der Waals surface area contributed by atoms with Crippen molar-refractivity contribution in [3.05, 3.63) is 0 Å². The van der Waals surface area contributed by atoms with Crippen LogP contribution in [0.1, 0.15) is 66.7 Å². The predicted molar refractivity (Wildman–Crippen MR) is 91.9 cm³/mol.